The van der Waals surface area contributed by atoms with Crippen molar-refractivity contribution in [1.82, 2.24) is 24.6 Å². The summed E-state index contributed by atoms with van der Waals surface area (Å²) in [6.45, 7) is 5.03. The molecule has 3 N–H and O–H groups in total. The van der Waals surface area contributed by atoms with Gasteiger partial charge in [-0.15, -0.1) is 0 Å². The van der Waals surface area contributed by atoms with Gasteiger partial charge >= 0.3 is 0 Å². The van der Waals surface area contributed by atoms with E-state index in [1.165, 1.54) is 0 Å². The minimum Gasteiger partial charge on any atom is -0.489 e. The Balaban J connectivity index is 1.66. The highest BCUT2D eigenvalue weighted by molar-refractivity contribution is 5.97. The number of anilines is 3. The fourth-order valence-electron chi connectivity index (χ4n) is 4.28. The van der Waals surface area contributed by atoms with E-state index < -0.39 is 0 Å². The van der Waals surface area contributed by atoms with Crippen molar-refractivity contribution in [3.8, 4) is 5.75 Å². The van der Waals surface area contributed by atoms with Crippen molar-refractivity contribution in [1.29, 1.82) is 0 Å². The van der Waals surface area contributed by atoms with Gasteiger partial charge in [0, 0.05) is 18.7 Å². The number of aliphatic hydroxyl groups is 1. The Hall–Kier alpha value is -3.44. The maximum absolute atomic E-state index is 12.8. The summed E-state index contributed by atoms with van der Waals surface area (Å²) < 4.78 is 7.80. The molecule has 0 bridgehead atoms. The van der Waals surface area contributed by atoms with Crippen LogP contribution in [0.4, 0.5) is 17.5 Å². The van der Waals surface area contributed by atoms with Crippen molar-refractivity contribution in [2.45, 2.75) is 26.3 Å². The highest BCUT2D eigenvalue weighted by Gasteiger charge is 2.26. The van der Waals surface area contributed by atoms with E-state index in [9.17, 15) is 9.90 Å². The van der Waals surface area contributed by atoms with Crippen molar-refractivity contribution in [2.24, 2.45) is 0 Å². The number of hydrogen-bond donors (Lipinski definition) is 2. The summed E-state index contributed by atoms with van der Waals surface area (Å²) in [5, 5.41) is 14.3. The van der Waals surface area contributed by atoms with E-state index in [1.54, 1.807) is 9.58 Å². The Bertz CT molecular complexity index is 1180. The zero-order valence-electron chi connectivity index (χ0n) is 20.6. The van der Waals surface area contributed by atoms with Crippen molar-refractivity contribution in [3.05, 3.63) is 30.0 Å². The lowest BCUT2D eigenvalue weighted by molar-refractivity contribution is -0.119. The van der Waals surface area contributed by atoms with E-state index in [2.05, 4.69) is 16.9 Å². The number of carbonyl (C=O) groups is 1. The fourth-order valence-corrected chi connectivity index (χ4v) is 4.28. The second-order valence-corrected chi connectivity index (χ2v) is 8.93. The predicted octanol–water partition coefficient (Wildman–Crippen LogP) is 1.34. The summed E-state index contributed by atoms with van der Waals surface area (Å²) in [5.41, 5.74) is 8.97. The maximum Gasteiger partial charge on any atom is 0.241 e. The van der Waals surface area contributed by atoms with Gasteiger partial charge in [0.25, 0.3) is 0 Å². The van der Waals surface area contributed by atoms with Crippen LogP contribution in [-0.4, -0.2) is 89.2 Å². The van der Waals surface area contributed by atoms with Gasteiger partial charge in [-0.1, -0.05) is 25.5 Å². The van der Waals surface area contributed by atoms with E-state index >= 15 is 0 Å². The van der Waals surface area contributed by atoms with Crippen LogP contribution in [-0.2, 0) is 11.3 Å². The van der Waals surface area contributed by atoms with Gasteiger partial charge < -0.3 is 30.3 Å². The number of rotatable bonds is 10. The average molecular weight is 483 g/mol. The van der Waals surface area contributed by atoms with Crippen LogP contribution in [0.2, 0.25) is 0 Å². The van der Waals surface area contributed by atoms with E-state index in [0.717, 1.165) is 30.6 Å². The molecule has 0 radical (unpaired) electrons. The molecule has 11 heteroatoms. The number of aromatic nitrogens is 4. The molecule has 3 heterocycles. The number of hydrogen-bond acceptors (Lipinski definition) is 9. The van der Waals surface area contributed by atoms with Gasteiger partial charge in [0.2, 0.25) is 11.9 Å². The highest BCUT2D eigenvalue weighted by Crippen LogP contribution is 2.36. The third-order valence-electron chi connectivity index (χ3n) is 5.87. The Labute approximate surface area is 205 Å². The largest absolute Gasteiger partial charge is 0.489 e. The van der Waals surface area contributed by atoms with Gasteiger partial charge in [-0.2, -0.15) is 10.1 Å². The molecule has 0 fully saturated rings. The first-order chi connectivity index (χ1) is 16.9. The molecule has 1 aromatic carbocycles. The SMILES string of the molecule is CCCCN(CCO)c1nc(N)nc2cn(Cc3cccc4c3OCCN4C(=O)CN(C)C)nc12. The lowest BCUT2D eigenvalue weighted by Crippen LogP contribution is -2.42. The molecule has 35 heavy (non-hydrogen) atoms. The zero-order chi connectivity index (χ0) is 24.9. The van der Waals surface area contributed by atoms with Gasteiger partial charge in [-0.25, -0.2) is 4.98 Å². The summed E-state index contributed by atoms with van der Waals surface area (Å²) in [6.07, 6.45) is 3.82. The number of nitrogens with two attached hydrogens (primary N) is 1. The number of ether oxygens (including phenoxy) is 1. The summed E-state index contributed by atoms with van der Waals surface area (Å²) in [6, 6.07) is 5.82. The average Bonchev–Trinajstić information content (AvgIpc) is 3.22. The normalized spacial score (nSPS) is 13.2. The van der Waals surface area contributed by atoms with Crippen LogP contribution >= 0.6 is 0 Å². The number of para-hydroxylation sites is 1. The summed E-state index contributed by atoms with van der Waals surface area (Å²) in [7, 11) is 3.76. The molecule has 4 rings (SSSR count). The molecule has 11 nitrogen and oxygen atoms in total. The van der Waals surface area contributed by atoms with Crippen LogP contribution in [0.1, 0.15) is 25.3 Å². The van der Waals surface area contributed by atoms with Crippen LogP contribution in [0.5, 0.6) is 5.75 Å². The first kappa shape index (κ1) is 24.7. The Kier molecular flexibility index (Phi) is 7.67. The van der Waals surface area contributed by atoms with Gasteiger partial charge in [-0.05, 0) is 26.6 Å². The number of nitrogen functional groups attached to an aromatic ring is 1. The van der Waals surface area contributed by atoms with Gasteiger partial charge in [0.05, 0.1) is 38.1 Å². The van der Waals surface area contributed by atoms with Crippen molar-refractivity contribution >= 4 is 34.4 Å². The molecule has 188 valence electrons. The highest BCUT2D eigenvalue weighted by atomic mass is 16.5. The number of fused-ring (bicyclic) bond motifs is 2. The topological polar surface area (TPSA) is 126 Å². The first-order valence-electron chi connectivity index (χ1n) is 12.0. The third kappa shape index (κ3) is 5.46. The summed E-state index contributed by atoms with van der Waals surface area (Å²) >= 11 is 0. The van der Waals surface area contributed by atoms with E-state index in [-0.39, 0.29) is 18.5 Å². The van der Waals surface area contributed by atoms with Crippen molar-refractivity contribution < 1.29 is 14.6 Å². The molecule has 3 aromatic rings. The first-order valence-corrected chi connectivity index (χ1v) is 12.0. The van der Waals surface area contributed by atoms with Crippen LogP contribution < -0.4 is 20.3 Å². The molecule has 0 aliphatic carbocycles. The van der Waals surface area contributed by atoms with Crippen LogP contribution in [0.25, 0.3) is 11.0 Å². The van der Waals surface area contributed by atoms with Gasteiger partial charge in [0.15, 0.2) is 11.3 Å². The van der Waals surface area contributed by atoms with Crippen LogP contribution in [0.15, 0.2) is 24.4 Å². The summed E-state index contributed by atoms with van der Waals surface area (Å²) in [4.78, 5) is 27.3. The van der Waals surface area contributed by atoms with E-state index in [4.69, 9.17) is 15.6 Å². The molecule has 0 unspecified atom stereocenters. The van der Waals surface area contributed by atoms with Crippen LogP contribution in [0, 0.1) is 0 Å². The van der Waals surface area contributed by atoms with Crippen molar-refractivity contribution in [3.63, 3.8) is 0 Å². The Morgan fingerprint density at radius 2 is 2.09 bits per heavy atom. The molecule has 1 amide bonds. The van der Waals surface area contributed by atoms with E-state index in [0.29, 0.717) is 55.4 Å². The second-order valence-electron chi connectivity index (χ2n) is 8.93. The molecule has 0 atom stereocenters. The van der Waals surface area contributed by atoms with Gasteiger partial charge in [-0.3, -0.25) is 9.48 Å². The predicted molar refractivity (Wildman–Crippen MR) is 136 cm³/mol. The van der Waals surface area contributed by atoms with Gasteiger partial charge in [0.1, 0.15) is 17.9 Å². The van der Waals surface area contributed by atoms with E-state index in [1.807, 2.05) is 48.3 Å². The molecule has 1 aliphatic heterocycles. The molecule has 1 aliphatic rings. The Morgan fingerprint density at radius 1 is 1.26 bits per heavy atom. The number of benzene rings is 1. The second kappa shape index (κ2) is 10.9. The molecular formula is C24H34N8O3. The quantitative estimate of drug-likeness (QED) is 0.440. The minimum atomic E-state index is 0.00631. The maximum atomic E-state index is 12.8. The smallest absolute Gasteiger partial charge is 0.241 e. The number of amides is 1. The number of aliphatic hydroxyl groups excluding tert-OH is 1. The molecule has 0 saturated carbocycles. The number of carbonyl (C=O) groups excluding carboxylic acids is 1. The zero-order valence-corrected chi connectivity index (χ0v) is 20.6. The Morgan fingerprint density at radius 3 is 2.83 bits per heavy atom. The molecule has 2 aromatic heterocycles. The minimum absolute atomic E-state index is 0.00631. The van der Waals surface area contributed by atoms with Crippen molar-refractivity contribution in [2.75, 3.05) is 69.0 Å². The monoisotopic (exact) mass is 482 g/mol. The fraction of sp³-hybridized carbons (Fsp3) is 0.500. The standard InChI is InChI=1S/C24H34N8O3/c1-4-5-9-30(10-12-33)23-21-18(26-24(25)27-23)15-31(28-21)14-17-7-6-8-19-22(17)35-13-11-32(19)20(34)16-29(2)3/h6-8,15,33H,4-5,9-14,16H2,1-3H3,(H2,25,26). The lowest BCUT2D eigenvalue weighted by atomic mass is 10.1. The number of likely N-dealkylation sites (N-methyl/N-ethyl adjacent to an activating group) is 1. The lowest BCUT2D eigenvalue weighted by Gasteiger charge is -2.31. The summed E-state index contributed by atoms with van der Waals surface area (Å²) in [5.74, 6) is 1.52. The molecule has 0 spiro atoms. The molecular weight excluding hydrogens is 448 g/mol. The third-order valence-corrected chi connectivity index (χ3v) is 5.87. The number of unbranched alkanes of at least 4 members (excludes halogenated alkanes) is 1. The van der Waals surface area contributed by atoms with Crippen LogP contribution in [0.3, 0.4) is 0 Å². The molecule has 0 saturated heterocycles. The number of nitrogens with zero attached hydrogens (tertiary/aromatic N) is 7.